The first-order chi connectivity index (χ1) is 26.7. The summed E-state index contributed by atoms with van der Waals surface area (Å²) < 4.78 is 0. The molecule has 6 aromatic rings. The van der Waals surface area contributed by atoms with Gasteiger partial charge in [0.05, 0.1) is 11.4 Å². The van der Waals surface area contributed by atoms with Gasteiger partial charge in [0.2, 0.25) is 0 Å². The van der Waals surface area contributed by atoms with Crippen LogP contribution in [-0.4, -0.2) is 0 Å². The van der Waals surface area contributed by atoms with Gasteiger partial charge in [0.25, 0.3) is 0 Å². The fourth-order valence-electron chi connectivity index (χ4n) is 13.1. The number of hydrogen-bond acceptors (Lipinski definition) is 1. The van der Waals surface area contributed by atoms with Crippen LogP contribution < -0.4 is 4.90 Å². The number of para-hydroxylation sites is 1. The molecule has 0 atom stereocenters. The molecule has 4 bridgehead atoms. The van der Waals surface area contributed by atoms with Crippen molar-refractivity contribution in [3.63, 3.8) is 0 Å². The van der Waals surface area contributed by atoms with Crippen molar-refractivity contribution in [3.8, 4) is 33.4 Å². The maximum Gasteiger partial charge on any atom is 0.0543 e. The number of fused-ring (bicyclic) bond motifs is 4. The van der Waals surface area contributed by atoms with Crippen molar-refractivity contribution >= 4 is 17.1 Å². The van der Waals surface area contributed by atoms with Crippen LogP contribution in [0.15, 0.2) is 140 Å². The lowest BCUT2D eigenvalue weighted by Crippen LogP contribution is -2.55. The van der Waals surface area contributed by atoms with Gasteiger partial charge in [0.1, 0.15) is 0 Å². The molecular formula is C54H53N. The van der Waals surface area contributed by atoms with E-state index in [2.05, 4.69) is 172 Å². The maximum absolute atomic E-state index is 2.60. The number of rotatable bonds is 5. The third-order valence-electron chi connectivity index (χ3n) is 15.3. The van der Waals surface area contributed by atoms with E-state index in [1.54, 1.807) is 11.1 Å². The maximum atomic E-state index is 2.60. The Morgan fingerprint density at radius 2 is 0.982 bits per heavy atom. The van der Waals surface area contributed by atoms with E-state index in [4.69, 9.17) is 0 Å². The Morgan fingerprint density at radius 1 is 0.436 bits per heavy atom. The zero-order valence-corrected chi connectivity index (χ0v) is 33.0. The van der Waals surface area contributed by atoms with E-state index in [0.29, 0.717) is 0 Å². The van der Waals surface area contributed by atoms with Crippen LogP contribution in [0.2, 0.25) is 0 Å². The molecular weight excluding hydrogens is 663 g/mol. The van der Waals surface area contributed by atoms with E-state index in [1.165, 1.54) is 107 Å². The molecule has 6 aliphatic carbocycles. The van der Waals surface area contributed by atoms with Gasteiger partial charge in [-0.25, -0.2) is 0 Å². The van der Waals surface area contributed by atoms with Crippen LogP contribution >= 0.6 is 0 Å². The average Bonchev–Trinajstić information content (AvgIpc) is 3.51. The minimum absolute atomic E-state index is 0.122. The summed E-state index contributed by atoms with van der Waals surface area (Å²) in [5.74, 6) is 3.31. The van der Waals surface area contributed by atoms with Crippen LogP contribution in [0.3, 0.4) is 0 Å². The molecule has 55 heavy (non-hydrogen) atoms. The molecule has 0 saturated heterocycles. The summed E-state index contributed by atoms with van der Waals surface area (Å²) >= 11 is 0. The van der Waals surface area contributed by atoms with Crippen LogP contribution in [-0.2, 0) is 16.2 Å². The van der Waals surface area contributed by atoms with Crippen molar-refractivity contribution in [2.75, 3.05) is 4.90 Å². The molecule has 0 aliphatic heterocycles. The van der Waals surface area contributed by atoms with Gasteiger partial charge in [-0.05, 0) is 148 Å². The minimum atomic E-state index is 0.122. The summed E-state index contributed by atoms with van der Waals surface area (Å²) in [4.78, 5) is 2.60. The first-order valence-corrected chi connectivity index (χ1v) is 21.2. The number of nitrogens with zero attached hydrogens (tertiary/aromatic N) is 1. The zero-order chi connectivity index (χ0) is 37.1. The Kier molecular flexibility index (Phi) is 7.34. The molecule has 4 fully saturated rings. The van der Waals surface area contributed by atoms with Crippen LogP contribution in [0.4, 0.5) is 17.1 Å². The summed E-state index contributed by atoms with van der Waals surface area (Å²) in [5.41, 5.74) is 18.5. The molecule has 12 rings (SSSR count). The van der Waals surface area contributed by atoms with E-state index in [-0.39, 0.29) is 16.2 Å². The molecule has 0 heterocycles. The fraction of sp³-hybridized carbons (Fsp3) is 0.333. The van der Waals surface area contributed by atoms with E-state index >= 15 is 0 Å². The molecule has 6 aliphatic rings. The lowest BCUT2D eigenvalue weighted by Gasteiger charge is -2.61. The van der Waals surface area contributed by atoms with Crippen molar-refractivity contribution in [1.29, 1.82) is 0 Å². The first-order valence-electron chi connectivity index (χ1n) is 21.2. The smallest absolute Gasteiger partial charge is 0.0543 e. The number of hydrogen-bond donors (Lipinski definition) is 0. The summed E-state index contributed by atoms with van der Waals surface area (Å²) in [5, 5.41) is 0. The Morgan fingerprint density at radius 3 is 1.73 bits per heavy atom. The van der Waals surface area contributed by atoms with Crippen LogP contribution in [0.5, 0.6) is 0 Å². The van der Waals surface area contributed by atoms with E-state index in [0.717, 1.165) is 23.7 Å². The largest absolute Gasteiger partial charge is 0.309 e. The van der Waals surface area contributed by atoms with E-state index in [1.807, 2.05) is 0 Å². The van der Waals surface area contributed by atoms with Crippen LogP contribution in [0.1, 0.15) is 94.9 Å². The molecule has 4 saturated carbocycles. The van der Waals surface area contributed by atoms with E-state index < -0.39 is 0 Å². The van der Waals surface area contributed by atoms with Crippen molar-refractivity contribution in [2.24, 2.45) is 23.7 Å². The second-order valence-electron chi connectivity index (χ2n) is 19.2. The quantitative estimate of drug-likeness (QED) is 0.172. The summed E-state index contributed by atoms with van der Waals surface area (Å²) in [6, 6.07) is 53.6. The number of anilines is 3. The molecule has 0 aromatic heterocycles. The highest BCUT2D eigenvalue weighted by Crippen LogP contribution is 2.70. The highest BCUT2D eigenvalue weighted by Gasteiger charge is 2.62. The lowest BCUT2D eigenvalue weighted by molar-refractivity contribution is -0.0399. The zero-order valence-electron chi connectivity index (χ0n) is 33.0. The minimum Gasteiger partial charge on any atom is -0.309 e. The van der Waals surface area contributed by atoms with Gasteiger partial charge < -0.3 is 4.90 Å². The Bertz CT molecular complexity index is 2420. The van der Waals surface area contributed by atoms with Gasteiger partial charge >= 0.3 is 0 Å². The third kappa shape index (κ3) is 4.84. The van der Waals surface area contributed by atoms with Crippen LogP contribution in [0.25, 0.3) is 33.4 Å². The monoisotopic (exact) mass is 715 g/mol. The van der Waals surface area contributed by atoms with E-state index in [9.17, 15) is 0 Å². The fourth-order valence-corrected chi connectivity index (χ4v) is 13.1. The van der Waals surface area contributed by atoms with Crippen molar-refractivity contribution in [1.82, 2.24) is 0 Å². The first kappa shape index (κ1) is 33.5. The standard InChI is InChI=1S/C54H53N/c1-52(2)28-29-53(3,4)51-43(18-12-21-47(51)52)38-24-26-41(27-25-38)55(48-22-11-9-16-42(48)37-14-6-5-7-15-37)49-23-13-20-46-50(49)44-17-8-10-19-45(44)54(46)39-31-35-30-36(33-39)34-40(54)32-35/h5-27,35-36,39-40H,28-34H2,1-4H3. The van der Waals surface area contributed by atoms with Gasteiger partial charge in [-0.1, -0.05) is 143 Å². The topological polar surface area (TPSA) is 3.24 Å². The second-order valence-corrected chi connectivity index (χ2v) is 19.2. The van der Waals surface area contributed by atoms with Gasteiger partial charge in [-0.15, -0.1) is 0 Å². The normalized spacial score (nSPS) is 26.0. The lowest BCUT2D eigenvalue weighted by atomic mass is 9.43. The molecule has 1 heteroatoms. The second kappa shape index (κ2) is 12.1. The molecule has 1 spiro atoms. The Labute approximate surface area is 328 Å². The third-order valence-corrected chi connectivity index (χ3v) is 15.3. The van der Waals surface area contributed by atoms with Gasteiger partial charge in [0, 0.05) is 22.2 Å². The van der Waals surface area contributed by atoms with Gasteiger partial charge in [-0.3, -0.25) is 0 Å². The summed E-state index contributed by atoms with van der Waals surface area (Å²) in [7, 11) is 0. The molecule has 0 amide bonds. The van der Waals surface area contributed by atoms with Gasteiger partial charge in [-0.2, -0.15) is 0 Å². The number of benzene rings is 6. The Hall–Kier alpha value is -4.88. The highest BCUT2D eigenvalue weighted by molar-refractivity contribution is 5.98. The molecule has 6 aromatic carbocycles. The van der Waals surface area contributed by atoms with Crippen molar-refractivity contribution in [3.05, 3.63) is 162 Å². The predicted molar refractivity (Wildman–Crippen MR) is 231 cm³/mol. The van der Waals surface area contributed by atoms with Crippen LogP contribution in [0, 0.1) is 23.7 Å². The molecule has 274 valence electrons. The summed E-state index contributed by atoms with van der Waals surface area (Å²) in [6.45, 7) is 9.76. The molecule has 0 radical (unpaired) electrons. The summed E-state index contributed by atoms with van der Waals surface area (Å²) in [6.07, 6.45) is 9.47. The van der Waals surface area contributed by atoms with Gasteiger partial charge in [0.15, 0.2) is 0 Å². The molecule has 0 N–H and O–H groups in total. The Balaban J connectivity index is 1.12. The molecule has 1 nitrogen and oxygen atoms in total. The molecule has 0 unspecified atom stereocenters. The van der Waals surface area contributed by atoms with Crippen molar-refractivity contribution in [2.45, 2.75) is 88.9 Å². The predicted octanol–water partition coefficient (Wildman–Crippen LogP) is 14.6. The highest BCUT2D eigenvalue weighted by atomic mass is 15.1. The van der Waals surface area contributed by atoms with Crippen molar-refractivity contribution < 1.29 is 0 Å². The SMILES string of the molecule is CC1(C)CCC(C)(C)c2c(-c3ccc(N(c4ccccc4-c4ccccc4)c4cccc5c4-c4ccccc4C54C5CC6CC(C5)CC4C6)cc3)cccc21. The average molecular weight is 716 g/mol.